The van der Waals surface area contributed by atoms with E-state index < -0.39 is 5.09 Å². The van der Waals surface area contributed by atoms with Crippen LogP contribution in [0, 0.1) is 16.0 Å². The lowest BCUT2D eigenvalue weighted by Gasteiger charge is -2.28. The van der Waals surface area contributed by atoms with Gasteiger partial charge in [-0.25, -0.2) is 0 Å². The van der Waals surface area contributed by atoms with Crippen LogP contribution in [0.5, 0.6) is 0 Å². The Hall–Kier alpha value is -0.800. The van der Waals surface area contributed by atoms with Gasteiger partial charge < -0.3 is 4.84 Å². The first-order valence-electron chi connectivity index (χ1n) is 5.55. The van der Waals surface area contributed by atoms with Gasteiger partial charge in [-0.15, -0.1) is 10.1 Å². The molecule has 0 spiro atoms. The van der Waals surface area contributed by atoms with Crippen molar-refractivity contribution < 1.29 is 9.92 Å². The van der Waals surface area contributed by atoms with Gasteiger partial charge in [0.05, 0.1) is 0 Å². The molecule has 1 unspecified atom stereocenters. The standard InChI is InChI=1S/C10H19NO3/c1-2-6-10(14-11(12)13)9-7-4-3-5-8-9/h9-10H,2-8H2,1H3. The van der Waals surface area contributed by atoms with Gasteiger partial charge in [0, 0.05) is 0 Å². The Kier molecular flexibility index (Phi) is 4.70. The monoisotopic (exact) mass is 201 g/mol. The van der Waals surface area contributed by atoms with Gasteiger partial charge in [0.25, 0.3) is 5.09 Å². The summed E-state index contributed by atoms with van der Waals surface area (Å²) in [6, 6.07) is 0. The van der Waals surface area contributed by atoms with Crippen LogP contribution in [0.1, 0.15) is 51.9 Å². The van der Waals surface area contributed by atoms with Gasteiger partial charge >= 0.3 is 0 Å². The van der Waals surface area contributed by atoms with Crippen molar-refractivity contribution in [2.24, 2.45) is 5.92 Å². The van der Waals surface area contributed by atoms with E-state index in [2.05, 4.69) is 0 Å². The Labute approximate surface area is 84.7 Å². The Balaban J connectivity index is 2.42. The second kappa shape index (κ2) is 5.83. The normalized spacial score (nSPS) is 20.4. The third-order valence-corrected chi connectivity index (χ3v) is 2.97. The van der Waals surface area contributed by atoms with Crippen molar-refractivity contribution in [2.45, 2.75) is 58.0 Å². The molecular weight excluding hydrogens is 182 g/mol. The van der Waals surface area contributed by atoms with E-state index in [4.69, 9.17) is 4.84 Å². The third kappa shape index (κ3) is 3.52. The highest BCUT2D eigenvalue weighted by Crippen LogP contribution is 2.29. The molecule has 1 aliphatic rings. The van der Waals surface area contributed by atoms with Gasteiger partial charge in [-0.2, -0.15) is 0 Å². The van der Waals surface area contributed by atoms with E-state index in [1.165, 1.54) is 19.3 Å². The maximum Gasteiger partial charge on any atom is 0.294 e. The van der Waals surface area contributed by atoms with Crippen molar-refractivity contribution >= 4 is 0 Å². The Morgan fingerprint density at radius 1 is 1.43 bits per heavy atom. The largest absolute Gasteiger partial charge is 0.310 e. The van der Waals surface area contributed by atoms with E-state index in [1.807, 2.05) is 6.92 Å². The lowest BCUT2D eigenvalue weighted by atomic mass is 9.84. The second-order valence-electron chi connectivity index (χ2n) is 4.05. The Morgan fingerprint density at radius 2 is 2.07 bits per heavy atom. The maximum atomic E-state index is 10.3. The van der Waals surface area contributed by atoms with Crippen LogP contribution in [-0.4, -0.2) is 11.2 Å². The second-order valence-corrected chi connectivity index (χ2v) is 4.05. The zero-order valence-electron chi connectivity index (χ0n) is 8.78. The van der Waals surface area contributed by atoms with Gasteiger partial charge in [0.15, 0.2) is 0 Å². The van der Waals surface area contributed by atoms with Crippen LogP contribution in [-0.2, 0) is 4.84 Å². The molecule has 1 atom stereocenters. The predicted molar refractivity (Wildman–Crippen MR) is 53.4 cm³/mol. The van der Waals surface area contributed by atoms with Crippen molar-refractivity contribution in [3.05, 3.63) is 10.1 Å². The fourth-order valence-corrected chi connectivity index (χ4v) is 2.28. The molecule has 0 radical (unpaired) electrons. The maximum absolute atomic E-state index is 10.3. The van der Waals surface area contributed by atoms with Gasteiger partial charge in [-0.3, -0.25) is 0 Å². The molecule has 0 heterocycles. The summed E-state index contributed by atoms with van der Waals surface area (Å²) in [4.78, 5) is 15.1. The first-order valence-corrected chi connectivity index (χ1v) is 5.55. The molecule has 0 aromatic heterocycles. The molecule has 0 N–H and O–H groups in total. The summed E-state index contributed by atoms with van der Waals surface area (Å²) in [7, 11) is 0. The molecule has 0 aromatic carbocycles. The fourth-order valence-electron chi connectivity index (χ4n) is 2.28. The number of rotatable bonds is 5. The van der Waals surface area contributed by atoms with E-state index in [0.717, 1.165) is 25.7 Å². The summed E-state index contributed by atoms with van der Waals surface area (Å²) in [5.41, 5.74) is 0. The topological polar surface area (TPSA) is 52.4 Å². The van der Waals surface area contributed by atoms with Crippen LogP contribution in [0.3, 0.4) is 0 Å². The molecule has 0 saturated heterocycles. The number of hydrogen-bond donors (Lipinski definition) is 0. The summed E-state index contributed by atoms with van der Waals surface area (Å²) in [6.07, 6.45) is 7.47. The predicted octanol–water partition coefficient (Wildman–Crippen LogP) is 2.94. The molecule has 4 nitrogen and oxygen atoms in total. The van der Waals surface area contributed by atoms with E-state index in [1.54, 1.807) is 0 Å². The first kappa shape index (κ1) is 11.3. The van der Waals surface area contributed by atoms with Crippen molar-refractivity contribution in [1.29, 1.82) is 0 Å². The number of nitrogens with zero attached hydrogens (tertiary/aromatic N) is 1. The average molecular weight is 201 g/mol. The molecule has 0 aliphatic heterocycles. The van der Waals surface area contributed by atoms with Crippen LogP contribution in [0.15, 0.2) is 0 Å². The van der Waals surface area contributed by atoms with Crippen LogP contribution in [0.4, 0.5) is 0 Å². The van der Waals surface area contributed by atoms with Crippen molar-refractivity contribution in [3.63, 3.8) is 0 Å². The first-order chi connectivity index (χ1) is 6.74. The molecule has 1 rings (SSSR count). The minimum absolute atomic E-state index is 0.157. The van der Waals surface area contributed by atoms with E-state index in [0.29, 0.717) is 5.92 Å². The summed E-state index contributed by atoms with van der Waals surface area (Å²) in [5, 5.41) is 9.68. The highest BCUT2D eigenvalue weighted by molar-refractivity contribution is 4.73. The van der Waals surface area contributed by atoms with E-state index in [-0.39, 0.29) is 6.10 Å². The van der Waals surface area contributed by atoms with Crippen molar-refractivity contribution in [3.8, 4) is 0 Å². The lowest BCUT2D eigenvalue weighted by Crippen LogP contribution is -2.28. The molecular formula is C10H19NO3. The molecule has 14 heavy (non-hydrogen) atoms. The molecule has 0 aromatic rings. The van der Waals surface area contributed by atoms with Crippen LogP contribution >= 0.6 is 0 Å². The van der Waals surface area contributed by atoms with Gasteiger partial charge in [-0.1, -0.05) is 32.6 Å². The smallest absolute Gasteiger partial charge is 0.294 e. The minimum Gasteiger partial charge on any atom is -0.310 e. The molecule has 1 fully saturated rings. The lowest BCUT2D eigenvalue weighted by molar-refractivity contribution is -0.771. The van der Waals surface area contributed by atoms with Gasteiger partial charge in [0.1, 0.15) is 6.10 Å². The Bertz CT molecular complexity index is 178. The quantitative estimate of drug-likeness (QED) is 0.507. The molecule has 82 valence electrons. The average Bonchev–Trinajstić information content (AvgIpc) is 2.18. The fraction of sp³-hybridized carbons (Fsp3) is 1.00. The van der Waals surface area contributed by atoms with Crippen molar-refractivity contribution in [2.75, 3.05) is 0 Å². The zero-order valence-corrected chi connectivity index (χ0v) is 8.78. The van der Waals surface area contributed by atoms with E-state index >= 15 is 0 Å². The molecule has 1 aliphatic carbocycles. The van der Waals surface area contributed by atoms with Crippen LogP contribution < -0.4 is 0 Å². The summed E-state index contributed by atoms with van der Waals surface area (Å²) in [6.45, 7) is 2.04. The molecule has 4 heteroatoms. The Morgan fingerprint density at radius 3 is 2.57 bits per heavy atom. The molecule has 0 amide bonds. The summed E-state index contributed by atoms with van der Waals surface area (Å²) >= 11 is 0. The van der Waals surface area contributed by atoms with Crippen molar-refractivity contribution in [1.82, 2.24) is 0 Å². The third-order valence-electron chi connectivity index (χ3n) is 2.97. The summed E-state index contributed by atoms with van der Waals surface area (Å²) < 4.78 is 0. The summed E-state index contributed by atoms with van der Waals surface area (Å²) in [5.74, 6) is 0.411. The molecule has 0 bridgehead atoms. The van der Waals surface area contributed by atoms with Gasteiger partial charge in [0.2, 0.25) is 0 Å². The highest BCUT2D eigenvalue weighted by Gasteiger charge is 2.25. The highest BCUT2D eigenvalue weighted by atomic mass is 17.0. The van der Waals surface area contributed by atoms with E-state index in [9.17, 15) is 10.1 Å². The van der Waals surface area contributed by atoms with Gasteiger partial charge in [-0.05, 0) is 25.2 Å². The minimum atomic E-state index is -0.630. The SMILES string of the molecule is CCCC(O[N+](=O)[O-])C1CCCCC1. The van der Waals surface area contributed by atoms with Crippen LogP contribution in [0.2, 0.25) is 0 Å². The zero-order chi connectivity index (χ0) is 10.4. The molecule has 1 saturated carbocycles. The van der Waals surface area contributed by atoms with Crippen LogP contribution in [0.25, 0.3) is 0 Å². The number of hydrogen-bond acceptors (Lipinski definition) is 3.